The zero-order valence-electron chi connectivity index (χ0n) is 16.7. The average Bonchev–Trinajstić information content (AvgIpc) is 2.70. The van der Waals surface area contributed by atoms with E-state index in [0.717, 1.165) is 30.4 Å². The van der Waals surface area contributed by atoms with Gasteiger partial charge in [-0.1, -0.05) is 79.9 Å². The van der Waals surface area contributed by atoms with E-state index in [0.29, 0.717) is 32.5 Å². The number of nitrogens with zero attached hydrogens (tertiary/aromatic N) is 1. The molecule has 3 rings (SSSR count). The summed E-state index contributed by atoms with van der Waals surface area (Å²) in [6, 6.07) is 19.6. The van der Waals surface area contributed by atoms with Gasteiger partial charge in [0.2, 0.25) is 0 Å². The molecular formula is C24H31NO3. The largest absolute Gasteiger partial charge is 0.465 e. The van der Waals surface area contributed by atoms with Gasteiger partial charge in [-0.15, -0.1) is 0 Å². The lowest BCUT2D eigenvalue weighted by Crippen LogP contribution is -2.58. The van der Waals surface area contributed by atoms with Crippen LogP contribution < -0.4 is 0 Å². The van der Waals surface area contributed by atoms with Gasteiger partial charge < -0.3 is 9.84 Å². The Morgan fingerprint density at radius 2 is 1.46 bits per heavy atom. The molecular weight excluding hydrogens is 350 g/mol. The highest BCUT2D eigenvalue weighted by Crippen LogP contribution is 2.35. The van der Waals surface area contributed by atoms with E-state index < -0.39 is 11.6 Å². The number of hydrogen-bond acceptors (Lipinski definition) is 4. The topological polar surface area (TPSA) is 49.8 Å². The van der Waals surface area contributed by atoms with Crippen LogP contribution in [0.25, 0.3) is 0 Å². The molecule has 0 saturated heterocycles. The van der Waals surface area contributed by atoms with Gasteiger partial charge in [-0.2, -0.15) is 0 Å². The molecule has 1 saturated carbocycles. The fourth-order valence-electron chi connectivity index (χ4n) is 4.24. The second-order valence-corrected chi connectivity index (χ2v) is 7.70. The molecule has 2 aromatic rings. The molecule has 4 heteroatoms. The second kappa shape index (κ2) is 9.85. The average molecular weight is 382 g/mol. The molecule has 1 atom stereocenters. The first kappa shape index (κ1) is 20.6. The fraction of sp³-hybridized carbons (Fsp3) is 0.458. The van der Waals surface area contributed by atoms with E-state index >= 15 is 0 Å². The molecule has 1 aliphatic carbocycles. The zero-order valence-corrected chi connectivity index (χ0v) is 16.7. The van der Waals surface area contributed by atoms with Gasteiger partial charge in [0.05, 0.1) is 12.2 Å². The van der Waals surface area contributed by atoms with Gasteiger partial charge in [-0.3, -0.25) is 9.69 Å². The summed E-state index contributed by atoms with van der Waals surface area (Å²) >= 11 is 0. The zero-order chi connectivity index (χ0) is 19.8. The lowest BCUT2D eigenvalue weighted by atomic mass is 9.78. The minimum atomic E-state index is -1.05. The van der Waals surface area contributed by atoms with Crippen molar-refractivity contribution < 1.29 is 14.6 Å². The Balaban J connectivity index is 1.95. The van der Waals surface area contributed by atoms with Crippen molar-refractivity contribution in [1.29, 1.82) is 0 Å². The molecule has 1 fully saturated rings. The van der Waals surface area contributed by atoms with Crippen molar-refractivity contribution in [2.75, 3.05) is 6.61 Å². The predicted octanol–water partition coefficient (Wildman–Crippen LogP) is 4.32. The van der Waals surface area contributed by atoms with Crippen molar-refractivity contribution in [3.05, 3.63) is 71.8 Å². The number of carbonyl (C=O) groups excluding carboxylic acids is 1. The third-order valence-corrected chi connectivity index (χ3v) is 5.56. The van der Waals surface area contributed by atoms with Crippen molar-refractivity contribution in [3.63, 3.8) is 0 Å². The molecule has 150 valence electrons. The summed E-state index contributed by atoms with van der Waals surface area (Å²) in [6.07, 6.45) is 4.26. The van der Waals surface area contributed by atoms with Crippen LogP contribution >= 0.6 is 0 Å². The van der Waals surface area contributed by atoms with Gasteiger partial charge in [-0.25, -0.2) is 0 Å². The summed E-state index contributed by atoms with van der Waals surface area (Å²) in [4.78, 5) is 15.1. The maximum atomic E-state index is 13.0. The first-order valence-electron chi connectivity index (χ1n) is 10.3. The fourth-order valence-corrected chi connectivity index (χ4v) is 4.24. The smallest absolute Gasteiger partial charge is 0.326 e. The van der Waals surface area contributed by atoms with Crippen molar-refractivity contribution in [2.24, 2.45) is 0 Å². The molecule has 0 aliphatic heterocycles. The number of esters is 1. The molecule has 0 aromatic heterocycles. The van der Waals surface area contributed by atoms with Crippen molar-refractivity contribution in [3.8, 4) is 0 Å². The first-order valence-corrected chi connectivity index (χ1v) is 10.3. The Morgan fingerprint density at radius 3 is 1.93 bits per heavy atom. The number of rotatable bonds is 8. The van der Waals surface area contributed by atoms with Crippen LogP contribution in [0.1, 0.15) is 50.2 Å². The summed E-state index contributed by atoms with van der Waals surface area (Å²) in [5, 5.41) is 11.5. The van der Waals surface area contributed by atoms with Crippen LogP contribution in [0.4, 0.5) is 0 Å². The molecule has 1 aliphatic rings. The normalized spacial score (nSPS) is 17.2. The molecule has 0 radical (unpaired) electrons. The molecule has 0 spiro atoms. The molecule has 4 nitrogen and oxygen atoms in total. The minimum Gasteiger partial charge on any atom is -0.465 e. The van der Waals surface area contributed by atoms with Gasteiger partial charge >= 0.3 is 5.97 Å². The summed E-state index contributed by atoms with van der Waals surface area (Å²) in [5.74, 6) is -0.321. The summed E-state index contributed by atoms with van der Waals surface area (Å²) < 4.78 is 5.44. The third kappa shape index (κ3) is 5.21. The molecule has 2 aromatic carbocycles. The summed E-state index contributed by atoms with van der Waals surface area (Å²) in [7, 11) is 0. The quantitative estimate of drug-likeness (QED) is 0.692. The van der Waals surface area contributed by atoms with Gasteiger partial charge in [0.15, 0.2) is 0 Å². The van der Waals surface area contributed by atoms with E-state index in [9.17, 15) is 9.90 Å². The molecule has 0 bridgehead atoms. The van der Waals surface area contributed by atoms with Crippen LogP contribution in [0.15, 0.2) is 60.7 Å². The SMILES string of the molecule is CCOC(=O)C(N(Cc1ccccc1)Cc1ccccc1)C1(O)CCCCC1. The minimum absolute atomic E-state index is 0.315. The van der Waals surface area contributed by atoms with Crippen LogP contribution in [0.5, 0.6) is 0 Å². The number of ether oxygens (including phenoxy) is 1. The van der Waals surface area contributed by atoms with Crippen molar-refractivity contribution in [2.45, 2.75) is 63.8 Å². The Labute approximate surface area is 168 Å². The molecule has 28 heavy (non-hydrogen) atoms. The monoisotopic (exact) mass is 381 g/mol. The summed E-state index contributed by atoms with van der Waals surface area (Å²) in [6.45, 7) is 3.30. The van der Waals surface area contributed by atoms with E-state index in [2.05, 4.69) is 29.2 Å². The third-order valence-electron chi connectivity index (χ3n) is 5.56. The Hall–Kier alpha value is -2.17. The van der Waals surface area contributed by atoms with Crippen LogP contribution in [0.2, 0.25) is 0 Å². The number of hydrogen-bond donors (Lipinski definition) is 1. The van der Waals surface area contributed by atoms with Crippen LogP contribution in [-0.2, 0) is 22.6 Å². The van der Waals surface area contributed by atoms with Gasteiger partial charge in [-0.05, 0) is 30.9 Å². The lowest BCUT2D eigenvalue weighted by Gasteiger charge is -2.43. The maximum Gasteiger partial charge on any atom is 0.326 e. The van der Waals surface area contributed by atoms with E-state index in [1.807, 2.05) is 43.3 Å². The number of carbonyl (C=O) groups is 1. The highest BCUT2D eigenvalue weighted by atomic mass is 16.5. The Bertz CT molecular complexity index is 685. The number of benzene rings is 2. The Kier molecular flexibility index (Phi) is 7.24. The van der Waals surface area contributed by atoms with Crippen LogP contribution in [0.3, 0.4) is 0 Å². The molecule has 0 amide bonds. The van der Waals surface area contributed by atoms with E-state index in [-0.39, 0.29) is 5.97 Å². The van der Waals surface area contributed by atoms with Crippen molar-refractivity contribution >= 4 is 5.97 Å². The highest BCUT2D eigenvalue weighted by molar-refractivity contribution is 5.77. The lowest BCUT2D eigenvalue weighted by molar-refractivity contribution is -0.166. The van der Waals surface area contributed by atoms with Crippen LogP contribution in [-0.4, -0.2) is 34.2 Å². The predicted molar refractivity (Wildman–Crippen MR) is 111 cm³/mol. The van der Waals surface area contributed by atoms with E-state index in [1.165, 1.54) is 0 Å². The Morgan fingerprint density at radius 1 is 0.964 bits per heavy atom. The van der Waals surface area contributed by atoms with Gasteiger partial charge in [0.1, 0.15) is 6.04 Å². The standard InChI is InChI=1S/C24H31NO3/c1-2-28-23(26)22(24(27)16-10-5-11-17-24)25(18-20-12-6-3-7-13-20)19-21-14-8-4-9-15-21/h3-4,6-9,12-15,22,27H,2,5,10-11,16-19H2,1H3. The first-order chi connectivity index (χ1) is 13.6. The molecule has 1 N–H and O–H groups in total. The van der Waals surface area contributed by atoms with Gasteiger partial charge in [0, 0.05) is 13.1 Å². The second-order valence-electron chi connectivity index (χ2n) is 7.70. The molecule has 0 heterocycles. The maximum absolute atomic E-state index is 13.0. The van der Waals surface area contributed by atoms with Crippen molar-refractivity contribution in [1.82, 2.24) is 4.90 Å². The summed E-state index contributed by atoms with van der Waals surface area (Å²) in [5.41, 5.74) is 1.19. The van der Waals surface area contributed by atoms with E-state index in [1.54, 1.807) is 0 Å². The highest BCUT2D eigenvalue weighted by Gasteiger charge is 2.46. The number of aliphatic hydroxyl groups is 1. The van der Waals surface area contributed by atoms with Gasteiger partial charge in [0.25, 0.3) is 0 Å². The molecule has 1 unspecified atom stereocenters. The van der Waals surface area contributed by atoms with Crippen LogP contribution in [0, 0.1) is 0 Å². The van der Waals surface area contributed by atoms with E-state index in [4.69, 9.17) is 4.74 Å².